The van der Waals surface area contributed by atoms with Crippen molar-refractivity contribution in [1.29, 1.82) is 0 Å². The van der Waals surface area contributed by atoms with Crippen LogP contribution in [-0.4, -0.2) is 37.4 Å². The lowest BCUT2D eigenvalue weighted by molar-refractivity contribution is -0.113. The van der Waals surface area contributed by atoms with Gasteiger partial charge in [-0.15, -0.1) is 10.2 Å². The molecule has 7 nitrogen and oxygen atoms in total. The first-order valence-electron chi connectivity index (χ1n) is 9.05. The van der Waals surface area contributed by atoms with Crippen LogP contribution in [0.1, 0.15) is 35.1 Å². The van der Waals surface area contributed by atoms with Crippen LogP contribution >= 0.6 is 0 Å². The molecular formula is C19H21N3O4S. The van der Waals surface area contributed by atoms with E-state index in [0.717, 1.165) is 44.2 Å². The van der Waals surface area contributed by atoms with Crippen LogP contribution in [0.4, 0.5) is 5.69 Å². The van der Waals surface area contributed by atoms with Crippen LogP contribution in [0.2, 0.25) is 0 Å². The number of hydrogen-bond acceptors (Lipinski definition) is 6. The number of hydrogen-bond donors (Lipinski definition) is 1. The zero-order valence-corrected chi connectivity index (χ0v) is 15.9. The number of aryl methyl sites for hydroxylation is 2. The molecule has 1 N–H and O–H groups in total. The third-order valence-electron chi connectivity index (χ3n) is 5.20. The first kappa shape index (κ1) is 17.9. The fourth-order valence-corrected chi connectivity index (χ4v) is 4.98. The lowest BCUT2D eigenvalue weighted by Crippen LogP contribution is -2.25. The molecule has 0 spiro atoms. The van der Waals surface area contributed by atoms with Gasteiger partial charge in [0.25, 0.3) is 0 Å². The SMILES string of the molecule is COc1ccc(S(=O)(=O)CC(=O)Nc2c3c(cc4c2CCC4)CCC3)nn1. The van der Waals surface area contributed by atoms with Gasteiger partial charge >= 0.3 is 0 Å². The Hall–Kier alpha value is -2.48. The molecule has 0 atom stereocenters. The van der Waals surface area contributed by atoms with Gasteiger partial charge in [0, 0.05) is 11.8 Å². The van der Waals surface area contributed by atoms with Crippen molar-refractivity contribution < 1.29 is 17.9 Å². The predicted molar refractivity (Wildman–Crippen MR) is 99.8 cm³/mol. The van der Waals surface area contributed by atoms with Gasteiger partial charge in [-0.05, 0) is 66.8 Å². The third-order valence-corrected chi connectivity index (χ3v) is 6.70. The monoisotopic (exact) mass is 387 g/mol. The largest absolute Gasteiger partial charge is 0.480 e. The number of amides is 1. The number of ether oxygens (including phenoxy) is 1. The zero-order chi connectivity index (χ0) is 19.0. The number of fused-ring (bicyclic) bond motifs is 2. The first-order chi connectivity index (χ1) is 13.0. The molecule has 0 unspecified atom stereocenters. The van der Waals surface area contributed by atoms with Gasteiger partial charge in [-0.2, -0.15) is 0 Å². The summed E-state index contributed by atoms with van der Waals surface area (Å²) in [5.41, 5.74) is 5.76. The molecule has 4 rings (SSSR count). The summed E-state index contributed by atoms with van der Waals surface area (Å²) < 4.78 is 29.9. The molecule has 0 saturated heterocycles. The van der Waals surface area contributed by atoms with Crippen LogP contribution in [0.5, 0.6) is 5.88 Å². The Kier molecular flexibility index (Phi) is 4.59. The summed E-state index contributed by atoms with van der Waals surface area (Å²) in [6.07, 6.45) is 6.03. The number of benzene rings is 1. The summed E-state index contributed by atoms with van der Waals surface area (Å²) in [5, 5.41) is 9.99. The van der Waals surface area contributed by atoms with Gasteiger partial charge in [0.1, 0.15) is 5.75 Å². The average Bonchev–Trinajstić information content (AvgIpc) is 3.30. The Labute approximate surface area is 158 Å². The van der Waals surface area contributed by atoms with Gasteiger partial charge in [-0.1, -0.05) is 6.07 Å². The molecule has 27 heavy (non-hydrogen) atoms. The first-order valence-corrected chi connectivity index (χ1v) is 10.7. The normalized spacial score (nSPS) is 15.3. The second-order valence-electron chi connectivity index (χ2n) is 6.96. The van der Waals surface area contributed by atoms with Crippen molar-refractivity contribution in [3.8, 4) is 5.88 Å². The number of methoxy groups -OCH3 is 1. The third kappa shape index (κ3) is 3.41. The van der Waals surface area contributed by atoms with Gasteiger partial charge in [0.2, 0.25) is 21.6 Å². The fraction of sp³-hybridized carbons (Fsp3) is 0.421. The number of nitrogens with one attached hydrogen (secondary N) is 1. The van der Waals surface area contributed by atoms with Crippen molar-refractivity contribution in [1.82, 2.24) is 10.2 Å². The molecule has 1 aromatic heterocycles. The van der Waals surface area contributed by atoms with Gasteiger partial charge in [-0.25, -0.2) is 8.42 Å². The maximum atomic E-state index is 12.6. The highest BCUT2D eigenvalue weighted by molar-refractivity contribution is 7.92. The van der Waals surface area contributed by atoms with Crippen molar-refractivity contribution in [2.45, 2.75) is 43.6 Å². The molecule has 0 aliphatic heterocycles. The minimum absolute atomic E-state index is 0.216. The van der Waals surface area contributed by atoms with E-state index in [1.54, 1.807) is 0 Å². The highest BCUT2D eigenvalue weighted by atomic mass is 32.2. The predicted octanol–water partition coefficient (Wildman–Crippen LogP) is 1.87. The maximum Gasteiger partial charge on any atom is 0.240 e. The van der Waals surface area contributed by atoms with Gasteiger partial charge < -0.3 is 10.1 Å². The van der Waals surface area contributed by atoms with Crippen LogP contribution in [0.3, 0.4) is 0 Å². The number of sulfone groups is 1. The fourth-order valence-electron chi connectivity index (χ4n) is 3.97. The van der Waals surface area contributed by atoms with Crippen LogP contribution in [0.15, 0.2) is 23.2 Å². The van der Waals surface area contributed by atoms with Crippen molar-refractivity contribution in [2.75, 3.05) is 18.2 Å². The minimum Gasteiger partial charge on any atom is -0.480 e. The summed E-state index contributed by atoms with van der Waals surface area (Å²) >= 11 is 0. The molecule has 142 valence electrons. The van der Waals surface area contributed by atoms with Crippen molar-refractivity contribution in [2.24, 2.45) is 0 Å². The lowest BCUT2D eigenvalue weighted by Gasteiger charge is -2.16. The molecule has 0 saturated carbocycles. The molecule has 8 heteroatoms. The van der Waals surface area contributed by atoms with E-state index in [2.05, 4.69) is 21.6 Å². The highest BCUT2D eigenvalue weighted by Gasteiger charge is 2.27. The van der Waals surface area contributed by atoms with Crippen molar-refractivity contribution in [3.63, 3.8) is 0 Å². The number of anilines is 1. The van der Waals surface area contributed by atoms with Crippen molar-refractivity contribution in [3.05, 3.63) is 40.5 Å². The van der Waals surface area contributed by atoms with Gasteiger partial charge in [0.05, 0.1) is 7.11 Å². The number of aromatic nitrogens is 2. The molecule has 1 amide bonds. The van der Waals surface area contributed by atoms with E-state index >= 15 is 0 Å². The molecule has 0 fully saturated rings. The quantitative estimate of drug-likeness (QED) is 0.841. The minimum atomic E-state index is -3.87. The van der Waals surface area contributed by atoms with E-state index in [-0.39, 0.29) is 10.9 Å². The Balaban J connectivity index is 1.56. The van der Waals surface area contributed by atoms with E-state index in [1.807, 2.05) is 0 Å². The van der Waals surface area contributed by atoms with Crippen LogP contribution in [0.25, 0.3) is 0 Å². The smallest absolute Gasteiger partial charge is 0.240 e. The number of carbonyl (C=O) groups is 1. The zero-order valence-electron chi connectivity index (χ0n) is 15.1. The van der Waals surface area contributed by atoms with Gasteiger partial charge in [-0.3, -0.25) is 4.79 Å². The van der Waals surface area contributed by atoms with Crippen LogP contribution in [0, 0.1) is 0 Å². The van der Waals surface area contributed by atoms with E-state index in [9.17, 15) is 13.2 Å². The van der Waals surface area contributed by atoms with Crippen molar-refractivity contribution >= 4 is 21.4 Å². The average molecular weight is 387 g/mol. The van der Waals surface area contributed by atoms with Crippen LogP contribution < -0.4 is 10.1 Å². The molecule has 1 heterocycles. The molecular weight excluding hydrogens is 366 g/mol. The second-order valence-corrected chi connectivity index (χ2v) is 8.89. The summed E-state index contributed by atoms with van der Waals surface area (Å²) in [6.45, 7) is 0. The lowest BCUT2D eigenvalue weighted by atomic mass is 9.98. The van der Waals surface area contributed by atoms with Crippen LogP contribution in [-0.2, 0) is 40.3 Å². The summed E-state index contributed by atoms with van der Waals surface area (Å²) in [6, 6.07) is 4.98. The Morgan fingerprint density at radius 1 is 1.07 bits per heavy atom. The molecule has 2 aliphatic rings. The summed E-state index contributed by atoms with van der Waals surface area (Å²) in [4.78, 5) is 12.6. The number of rotatable bonds is 5. The standard InChI is InChI=1S/C19H21N3O4S/c1-26-17-8-9-18(22-21-17)27(24,25)11-16(23)20-19-14-6-2-4-12(14)10-13-5-3-7-15(13)19/h8-10H,2-7,11H2,1H3,(H,20,23). The topological polar surface area (TPSA) is 98.2 Å². The Morgan fingerprint density at radius 3 is 2.30 bits per heavy atom. The Bertz CT molecular complexity index is 968. The molecule has 1 aromatic carbocycles. The Morgan fingerprint density at radius 2 is 1.74 bits per heavy atom. The summed E-state index contributed by atoms with van der Waals surface area (Å²) in [7, 11) is -2.45. The summed E-state index contributed by atoms with van der Waals surface area (Å²) in [5.74, 6) is -0.984. The van der Waals surface area contributed by atoms with E-state index < -0.39 is 21.5 Å². The van der Waals surface area contributed by atoms with Gasteiger partial charge in [0.15, 0.2) is 5.03 Å². The number of carbonyl (C=O) groups excluding carboxylic acids is 1. The molecule has 2 aromatic rings. The maximum absolute atomic E-state index is 12.6. The molecule has 2 aliphatic carbocycles. The molecule has 0 bridgehead atoms. The molecule has 0 radical (unpaired) electrons. The van der Waals surface area contributed by atoms with E-state index in [1.165, 1.54) is 41.5 Å². The highest BCUT2D eigenvalue weighted by Crippen LogP contribution is 2.38. The number of nitrogens with zero attached hydrogens (tertiary/aromatic N) is 2. The van der Waals surface area contributed by atoms with E-state index in [0.29, 0.717) is 0 Å². The van der Waals surface area contributed by atoms with E-state index in [4.69, 9.17) is 4.74 Å². The second kappa shape index (κ2) is 6.92.